The van der Waals surface area contributed by atoms with Crippen LogP contribution < -0.4 is 5.32 Å². The molecule has 1 unspecified atom stereocenters. The van der Waals surface area contributed by atoms with Gasteiger partial charge >= 0.3 is 0 Å². The summed E-state index contributed by atoms with van der Waals surface area (Å²) in [5, 5.41) is 13.1. The summed E-state index contributed by atoms with van der Waals surface area (Å²) in [6.45, 7) is -0.228. The van der Waals surface area contributed by atoms with Crippen LogP contribution in [0.5, 0.6) is 0 Å². The predicted octanol–water partition coefficient (Wildman–Crippen LogP) is 2.85. The predicted molar refractivity (Wildman–Crippen MR) is 78.0 cm³/mol. The Balaban J connectivity index is 2.14. The molecule has 1 aromatic carbocycles. The number of halogens is 2. The molecule has 1 aromatic heterocycles. The Morgan fingerprint density at radius 1 is 1.20 bits per heavy atom. The van der Waals surface area contributed by atoms with Crippen molar-refractivity contribution in [2.45, 2.75) is 6.04 Å². The van der Waals surface area contributed by atoms with Crippen LogP contribution in [-0.2, 0) is 0 Å². The van der Waals surface area contributed by atoms with E-state index in [-0.39, 0.29) is 12.3 Å². The molecule has 2 aromatic rings. The Hall–Kier alpha value is -1.62. The smallest absolute Gasteiger partial charge is 0.270 e. The monoisotopic (exact) mass is 310 g/mol. The van der Waals surface area contributed by atoms with Crippen molar-refractivity contribution in [3.05, 3.63) is 63.9 Å². The van der Waals surface area contributed by atoms with Crippen molar-refractivity contribution >= 4 is 29.1 Å². The lowest BCUT2D eigenvalue weighted by Gasteiger charge is -2.16. The zero-order valence-corrected chi connectivity index (χ0v) is 11.9. The molecule has 2 N–H and O–H groups in total. The van der Waals surface area contributed by atoms with Gasteiger partial charge in [-0.1, -0.05) is 35.3 Å². The molecular weight excluding hydrogens is 299 g/mol. The van der Waals surface area contributed by atoms with E-state index in [1.165, 1.54) is 12.3 Å². The molecule has 1 heterocycles. The number of aromatic nitrogens is 1. The van der Waals surface area contributed by atoms with Gasteiger partial charge in [0.2, 0.25) is 0 Å². The van der Waals surface area contributed by atoms with Gasteiger partial charge in [0.25, 0.3) is 5.91 Å². The van der Waals surface area contributed by atoms with Crippen LogP contribution in [0.15, 0.2) is 42.6 Å². The van der Waals surface area contributed by atoms with Crippen molar-refractivity contribution < 1.29 is 9.90 Å². The minimum atomic E-state index is -0.527. The van der Waals surface area contributed by atoms with Crippen LogP contribution >= 0.6 is 23.2 Å². The summed E-state index contributed by atoms with van der Waals surface area (Å²) in [6, 6.07) is 9.41. The molecule has 4 nitrogen and oxygen atoms in total. The van der Waals surface area contributed by atoms with Gasteiger partial charge in [-0.15, -0.1) is 0 Å². The first-order chi connectivity index (χ1) is 9.60. The van der Waals surface area contributed by atoms with Crippen LogP contribution in [0.4, 0.5) is 0 Å². The summed E-state index contributed by atoms with van der Waals surface area (Å²) in [4.78, 5) is 16.0. The highest BCUT2D eigenvalue weighted by molar-refractivity contribution is 6.31. The van der Waals surface area contributed by atoms with E-state index in [2.05, 4.69) is 10.3 Å². The third-order valence-electron chi connectivity index (χ3n) is 2.71. The Labute approximate surface area is 126 Å². The fourth-order valence-electron chi connectivity index (χ4n) is 1.69. The molecule has 0 saturated carbocycles. The van der Waals surface area contributed by atoms with Crippen molar-refractivity contribution in [2.75, 3.05) is 6.61 Å². The van der Waals surface area contributed by atoms with E-state index in [0.29, 0.717) is 10.0 Å². The van der Waals surface area contributed by atoms with Crippen LogP contribution in [0.3, 0.4) is 0 Å². The van der Waals surface area contributed by atoms with E-state index in [9.17, 15) is 9.90 Å². The molecule has 1 atom stereocenters. The maximum Gasteiger partial charge on any atom is 0.270 e. The molecule has 0 spiro atoms. The summed E-state index contributed by atoms with van der Waals surface area (Å²) >= 11 is 11.6. The molecule has 0 aliphatic carbocycles. The Bertz CT molecular complexity index is 602. The first-order valence-corrected chi connectivity index (χ1v) is 6.64. The van der Waals surface area contributed by atoms with E-state index < -0.39 is 11.9 Å². The van der Waals surface area contributed by atoms with Crippen LogP contribution in [0.2, 0.25) is 10.0 Å². The number of benzene rings is 1. The Morgan fingerprint density at radius 3 is 2.50 bits per heavy atom. The number of nitrogens with one attached hydrogen (secondary N) is 1. The van der Waals surface area contributed by atoms with Crippen LogP contribution in [0, 0.1) is 0 Å². The number of pyridine rings is 1. The highest BCUT2D eigenvalue weighted by Crippen LogP contribution is 2.17. The fourth-order valence-corrected chi connectivity index (χ4v) is 1.98. The second-order valence-electron chi connectivity index (χ2n) is 4.12. The van der Waals surface area contributed by atoms with Gasteiger partial charge in [0, 0.05) is 16.2 Å². The van der Waals surface area contributed by atoms with Gasteiger partial charge in [-0.05, 0) is 29.8 Å². The number of aliphatic hydroxyl groups excluding tert-OH is 1. The Kier molecular flexibility index (Phi) is 4.95. The standard InChI is InChI=1S/C14H12Cl2N2O2/c15-10-3-1-9(2-4-10)13(8-19)18-14(20)12-7-11(16)5-6-17-12/h1-7,13,19H,8H2,(H,18,20). The van der Waals surface area contributed by atoms with Gasteiger partial charge in [-0.3, -0.25) is 9.78 Å². The molecule has 2 rings (SSSR count). The normalized spacial score (nSPS) is 11.9. The number of rotatable bonds is 4. The molecule has 0 saturated heterocycles. The molecule has 1 amide bonds. The summed E-state index contributed by atoms with van der Waals surface area (Å²) in [5.41, 5.74) is 0.956. The first kappa shape index (κ1) is 14.8. The van der Waals surface area contributed by atoms with Gasteiger partial charge in [0.15, 0.2) is 0 Å². The molecule has 20 heavy (non-hydrogen) atoms. The number of carbonyl (C=O) groups is 1. The molecule has 0 radical (unpaired) electrons. The van der Waals surface area contributed by atoms with E-state index in [4.69, 9.17) is 23.2 Å². The first-order valence-electron chi connectivity index (χ1n) is 5.89. The SMILES string of the molecule is O=C(NC(CO)c1ccc(Cl)cc1)c1cc(Cl)ccn1. The van der Waals surface area contributed by atoms with Crippen LogP contribution in [0.1, 0.15) is 22.1 Å². The minimum absolute atomic E-state index is 0.199. The van der Waals surface area contributed by atoms with Gasteiger partial charge < -0.3 is 10.4 Å². The van der Waals surface area contributed by atoms with Gasteiger partial charge in [-0.2, -0.15) is 0 Å². The maximum atomic E-state index is 12.0. The summed E-state index contributed by atoms with van der Waals surface area (Å²) < 4.78 is 0. The molecule has 0 bridgehead atoms. The van der Waals surface area contributed by atoms with Crippen molar-refractivity contribution in [3.8, 4) is 0 Å². The van der Waals surface area contributed by atoms with Gasteiger partial charge in [0.05, 0.1) is 12.6 Å². The van der Waals surface area contributed by atoms with E-state index >= 15 is 0 Å². The highest BCUT2D eigenvalue weighted by Gasteiger charge is 2.16. The molecule has 0 fully saturated rings. The van der Waals surface area contributed by atoms with E-state index in [0.717, 1.165) is 5.56 Å². The fraction of sp³-hybridized carbons (Fsp3) is 0.143. The van der Waals surface area contributed by atoms with E-state index in [1.54, 1.807) is 30.3 Å². The lowest BCUT2D eigenvalue weighted by molar-refractivity contribution is 0.0911. The number of hydrogen-bond acceptors (Lipinski definition) is 3. The molecule has 6 heteroatoms. The number of hydrogen-bond donors (Lipinski definition) is 2. The van der Waals surface area contributed by atoms with Gasteiger partial charge in [0.1, 0.15) is 5.69 Å². The average Bonchev–Trinajstić information content (AvgIpc) is 2.45. The molecular formula is C14H12Cl2N2O2. The number of aliphatic hydroxyl groups is 1. The van der Waals surface area contributed by atoms with Crippen molar-refractivity contribution in [2.24, 2.45) is 0 Å². The summed E-state index contributed by atoms with van der Waals surface area (Å²) in [5.74, 6) is -0.401. The average molecular weight is 311 g/mol. The molecule has 0 aliphatic heterocycles. The maximum absolute atomic E-state index is 12.0. The van der Waals surface area contributed by atoms with Crippen molar-refractivity contribution in [3.63, 3.8) is 0 Å². The number of amides is 1. The number of carbonyl (C=O) groups excluding carboxylic acids is 1. The summed E-state index contributed by atoms with van der Waals surface area (Å²) in [7, 11) is 0. The zero-order valence-electron chi connectivity index (χ0n) is 10.4. The summed E-state index contributed by atoms with van der Waals surface area (Å²) in [6.07, 6.45) is 1.45. The van der Waals surface area contributed by atoms with Gasteiger partial charge in [-0.25, -0.2) is 0 Å². The molecule has 104 valence electrons. The minimum Gasteiger partial charge on any atom is -0.394 e. The second-order valence-corrected chi connectivity index (χ2v) is 4.99. The topological polar surface area (TPSA) is 62.2 Å². The third-order valence-corrected chi connectivity index (χ3v) is 3.20. The largest absolute Gasteiger partial charge is 0.394 e. The lowest BCUT2D eigenvalue weighted by Crippen LogP contribution is -2.31. The highest BCUT2D eigenvalue weighted by atomic mass is 35.5. The molecule has 0 aliphatic rings. The van der Waals surface area contributed by atoms with Crippen LogP contribution in [0.25, 0.3) is 0 Å². The van der Waals surface area contributed by atoms with Crippen molar-refractivity contribution in [1.29, 1.82) is 0 Å². The second kappa shape index (κ2) is 6.70. The van der Waals surface area contributed by atoms with Crippen LogP contribution in [-0.4, -0.2) is 22.6 Å². The number of nitrogens with zero attached hydrogens (tertiary/aromatic N) is 1. The van der Waals surface area contributed by atoms with Crippen molar-refractivity contribution in [1.82, 2.24) is 10.3 Å². The lowest BCUT2D eigenvalue weighted by atomic mass is 10.1. The third kappa shape index (κ3) is 3.70. The zero-order chi connectivity index (χ0) is 14.5. The Morgan fingerprint density at radius 2 is 1.90 bits per heavy atom. The quantitative estimate of drug-likeness (QED) is 0.912. The van der Waals surface area contributed by atoms with E-state index in [1.807, 2.05) is 0 Å².